The van der Waals surface area contributed by atoms with Crippen molar-refractivity contribution in [2.24, 2.45) is 7.05 Å². The number of rotatable bonds is 6. The summed E-state index contributed by atoms with van der Waals surface area (Å²) in [5.41, 5.74) is 0.990. The average molecular weight is 428 g/mol. The Labute approximate surface area is 174 Å². The summed E-state index contributed by atoms with van der Waals surface area (Å²) in [5, 5.41) is 26.2. The first-order valence-corrected chi connectivity index (χ1v) is 8.70. The van der Waals surface area contributed by atoms with Gasteiger partial charge in [0, 0.05) is 36.4 Å². The van der Waals surface area contributed by atoms with E-state index in [1.807, 2.05) is 0 Å². The van der Waals surface area contributed by atoms with E-state index < -0.39 is 29.1 Å². The first-order valence-electron chi connectivity index (χ1n) is 8.70. The molecule has 158 valence electrons. The second-order valence-corrected chi connectivity index (χ2v) is 6.27. The van der Waals surface area contributed by atoms with Crippen LogP contribution in [0.2, 0.25) is 0 Å². The minimum absolute atomic E-state index is 0.252. The Hall–Kier alpha value is -4.33. The first kappa shape index (κ1) is 21.4. The fourth-order valence-corrected chi connectivity index (χ4v) is 2.74. The smallest absolute Gasteiger partial charge is 0.404 e. The molecule has 8 nitrogen and oxygen atoms in total. The van der Waals surface area contributed by atoms with Crippen LogP contribution in [0.4, 0.5) is 30.2 Å². The lowest BCUT2D eigenvalue weighted by molar-refractivity contribution is -0.274. The van der Waals surface area contributed by atoms with Crippen LogP contribution in [-0.4, -0.2) is 28.3 Å². The van der Waals surface area contributed by atoms with Gasteiger partial charge in [0.15, 0.2) is 5.75 Å². The summed E-state index contributed by atoms with van der Waals surface area (Å²) in [6.07, 6.45) is -0.704. The number of anilines is 3. The predicted molar refractivity (Wildman–Crippen MR) is 107 cm³/mol. The van der Waals surface area contributed by atoms with Gasteiger partial charge >= 0.3 is 6.36 Å². The SMILES string of the molecule is Cn1cc(Nc2cc(NC(=O)c3cccc(C#N)c3OC(F)(F)F)ccc2C=N)cn1. The molecule has 0 aliphatic heterocycles. The molecule has 1 heterocycles. The molecular weight excluding hydrogens is 413 g/mol. The largest absolute Gasteiger partial charge is 0.573 e. The number of aromatic nitrogens is 2. The number of benzene rings is 2. The van der Waals surface area contributed by atoms with E-state index in [1.165, 1.54) is 18.2 Å². The summed E-state index contributed by atoms with van der Waals surface area (Å²) in [4.78, 5) is 12.7. The Kier molecular flexibility index (Phi) is 5.92. The van der Waals surface area contributed by atoms with E-state index in [-0.39, 0.29) is 5.69 Å². The Balaban J connectivity index is 1.91. The van der Waals surface area contributed by atoms with Crippen molar-refractivity contribution in [3.63, 3.8) is 0 Å². The summed E-state index contributed by atoms with van der Waals surface area (Å²) in [6, 6.07) is 9.67. The zero-order chi connectivity index (χ0) is 22.6. The lowest BCUT2D eigenvalue weighted by Crippen LogP contribution is -2.21. The van der Waals surface area contributed by atoms with Gasteiger partial charge in [0.1, 0.15) is 6.07 Å². The maximum Gasteiger partial charge on any atom is 0.573 e. The van der Waals surface area contributed by atoms with Gasteiger partial charge in [-0.25, -0.2) is 0 Å². The van der Waals surface area contributed by atoms with E-state index in [1.54, 1.807) is 36.3 Å². The van der Waals surface area contributed by atoms with Gasteiger partial charge in [-0.1, -0.05) is 6.07 Å². The fraction of sp³-hybridized carbons (Fsp3) is 0.100. The number of aryl methyl sites for hydroxylation is 1. The summed E-state index contributed by atoms with van der Waals surface area (Å²) in [6.45, 7) is 0. The highest BCUT2D eigenvalue weighted by Crippen LogP contribution is 2.31. The average Bonchev–Trinajstić information content (AvgIpc) is 3.11. The highest BCUT2D eigenvalue weighted by atomic mass is 19.4. The summed E-state index contributed by atoms with van der Waals surface area (Å²) >= 11 is 0. The normalized spacial score (nSPS) is 10.8. The number of hydrogen-bond donors (Lipinski definition) is 3. The van der Waals surface area contributed by atoms with Gasteiger partial charge < -0.3 is 20.8 Å². The highest BCUT2D eigenvalue weighted by Gasteiger charge is 2.34. The molecule has 1 aromatic heterocycles. The predicted octanol–water partition coefficient (Wildman–Crippen LogP) is 4.18. The maximum atomic E-state index is 12.8. The van der Waals surface area contributed by atoms with Gasteiger partial charge in [-0.2, -0.15) is 10.4 Å². The maximum absolute atomic E-state index is 12.8. The van der Waals surface area contributed by atoms with Gasteiger partial charge in [-0.15, -0.1) is 13.2 Å². The van der Waals surface area contributed by atoms with Crippen LogP contribution < -0.4 is 15.4 Å². The Morgan fingerprint density at radius 2 is 2.06 bits per heavy atom. The van der Waals surface area contributed by atoms with Crippen LogP contribution in [0.25, 0.3) is 0 Å². The van der Waals surface area contributed by atoms with E-state index in [0.717, 1.165) is 18.3 Å². The zero-order valence-corrected chi connectivity index (χ0v) is 16.0. The van der Waals surface area contributed by atoms with Crippen LogP contribution in [0.15, 0.2) is 48.8 Å². The molecule has 0 atom stereocenters. The third kappa shape index (κ3) is 5.18. The molecule has 3 rings (SSSR count). The topological polar surface area (TPSA) is 116 Å². The minimum atomic E-state index is -5.07. The van der Waals surface area contributed by atoms with Crippen LogP contribution in [0.3, 0.4) is 0 Å². The lowest BCUT2D eigenvalue weighted by atomic mass is 10.1. The first-order chi connectivity index (χ1) is 14.7. The molecule has 0 saturated carbocycles. The number of para-hydroxylation sites is 1. The van der Waals surface area contributed by atoms with Crippen molar-refractivity contribution in [3.8, 4) is 11.8 Å². The standard InChI is InChI=1S/C20H15F3N6O2/c1-29-11-15(10-26-29)27-17-7-14(6-5-12(17)8-24)28-19(30)16-4-2-3-13(9-25)18(16)31-20(21,22)23/h2-8,10-11,24,27H,1H3,(H,28,30). The molecule has 11 heteroatoms. The molecule has 0 aliphatic carbocycles. The van der Waals surface area contributed by atoms with Gasteiger partial charge in [-0.05, 0) is 30.3 Å². The van der Waals surface area contributed by atoms with E-state index >= 15 is 0 Å². The molecule has 1 amide bonds. The number of ether oxygens (including phenoxy) is 1. The van der Waals surface area contributed by atoms with Gasteiger partial charge in [0.25, 0.3) is 5.91 Å². The molecular formula is C20H15F3N6O2. The Bertz CT molecular complexity index is 1180. The highest BCUT2D eigenvalue weighted by molar-refractivity contribution is 6.07. The number of carbonyl (C=O) groups is 1. The monoisotopic (exact) mass is 428 g/mol. The number of alkyl halides is 3. The van der Waals surface area contributed by atoms with Crippen LogP contribution in [0.5, 0.6) is 5.75 Å². The quantitative estimate of drug-likeness (QED) is 0.510. The number of halogens is 3. The summed E-state index contributed by atoms with van der Waals surface area (Å²) < 4.78 is 43.8. The zero-order valence-electron chi connectivity index (χ0n) is 16.0. The van der Waals surface area contributed by atoms with Crippen LogP contribution in [0.1, 0.15) is 21.5 Å². The molecule has 3 aromatic rings. The van der Waals surface area contributed by atoms with Crippen molar-refractivity contribution >= 4 is 29.2 Å². The van der Waals surface area contributed by atoms with Crippen molar-refractivity contribution in [3.05, 3.63) is 65.5 Å². The van der Waals surface area contributed by atoms with Gasteiger partial charge in [0.2, 0.25) is 0 Å². The van der Waals surface area contributed by atoms with E-state index in [2.05, 4.69) is 20.5 Å². The third-order valence-corrected chi connectivity index (χ3v) is 4.05. The Morgan fingerprint density at radius 1 is 1.29 bits per heavy atom. The molecule has 0 aliphatic rings. The number of carbonyl (C=O) groups excluding carboxylic acids is 1. The molecule has 0 unspecified atom stereocenters. The van der Waals surface area contributed by atoms with E-state index in [4.69, 9.17) is 10.7 Å². The molecule has 0 radical (unpaired) electrons. The molecule has 0 fully saturated rings. The van der Waals surface area contributed by atoms with Crippen molar-refractivity contribution in [2.75, 3.05) is 10.6 Å². The van der Waals surface area contributed by atoms with E-state index in [9.17, 15) is 18.0 Å². The van der Waals surface area contributed by atoms with Crippen LogP contribution in [0, 0.1) is 16.7 Å². The number of nitrogens with one attached hydrogen (secondary N) is 3. The number of hydrogen-bond acceptors (Lipinski definition) is 6. The second kappa shape index (κ2) is 8.58. The minimum Gasteiger partial charge on any atom is -0.404 e. The lowest BCUT2D eigenvalue weighted by Gasteiger charge is -2.15. The molecule has 0 saturated heterocycles. The summed E-state index contributed by atoms with van der Waals surface area (Å²) in [5.74, 6) is -1.77. The second-order valence-electron chi connectivity index (χ2n) is 6.27. The molecule has 0 spiro atoms. The fourth-order valence-electron chi connectivity index (χ4n) is 2.74. The number of nitriles is 1. The van der Waals surface area contributed by atoms with Crippen molar-refractivity contribution in [2.45, 2.75) is 6.36 Å². The van der Waals surface area contributed by atoms with Gasteiger partial charge in [-0.3, -0.25) is 9.48 Å². The molecule has 2 aromatic carbocycles. The number of nitrogens with zero attached hydrogens (tertiary/aromatic N) is 3. The van der Waals surface area contributed by atoms with Crippen molar-refractivity contribution < 1.29 is 22.7 Å². The van der Waals surface area contributed by atoms with Gasteiger partial charge in [0.05, 0.1) is 23.0 Å². The Morgan fingerprint density at radius 3 is 2.68 bits per heavy atom. The summed E-state index contributed by atoms with van der Waals surface area (Å²) in [7, 11) is 1.73. The molecule has 0 bridgehead atoms. The molecule has 3 N–H and O–H groups in total. The van der Waals surface area contributed by atoms with E-state index in [0.29, 0.717) is 16.9 Å². The molecule has 31 heavy (non-hydrogen) atoms. The third-order valence-electron chi connectivity index (χ3n) is 4.05. The van der Waals surface area contributed by atoms with Crippen LogP contribution >= 0.6 is 0 Å². The number of amides is 1. The van der Waals surface area contributed by atoms with Crippen molar-refractivity contribution in [1.82, 2.24) is 9.78 Å². The van der Waals surface area contributed by atoms with Crippen LogP contribution in [-0.2, 0) is 7.05 Å². The van der Waals surface area contributed by atoms with Crippen molar-refractivity contribution in [1.29, 1.82) is 10.7 Å².